The number of methoxy groups -OCH3 is 1. The van der Waals surface area contributed by atoms with Gasteiger partial charge in [-0.05, 0) is 19.1 Å². The monoisotopic (exact) mass is 227 g/mol. The van der Waals surface area contributed by atoms with E-state index in [0.717, 1.165) is 5.56 Å². The zero-order chi connectivity index (χ0) is 11.3. The highest BCUT2D eigenvalue weighted by Crippen LogP contribution is 2.19. The van der Waals surface area contributed by atoms with Crippen molar-refractivity contribution >= 4 is 17.5 Å². The summed E-state index contributed by atoms with van der Waals surface area (Å²) >= 11 is 5.49. The van der Waals surface area contributed by atoms with Crippen LogP contribution in [0.2, 0.25) is 0 Å². The average Bonchev–Trinajstić information content (AvgIpc) is 2.25. The van der Waals surface area contributed by atoms with Crippen molar-refractivity contribution in [1.82, 2.24) is 5.32 Å². The van der Waals surface area contributed by atoms with E-state index in [1.807, 2.05) is 13.0 Å². The second kappa shape index (κ2) is 5.61. The first-order valence-corrected chi connectivity index (χ1v) is 5.21. The molecule has 0 saturated carbocycles. The lowest BCUT2D eigenvalue weighted by Gasteiger charge is -2.09. The van der Waals surface area contributed by atoms with E-state index in [1.165, 1.54) is 0 Å². The van der Waals surface area contributed by atoms with E-state index in [1.54, 1.807) is 19.2 Å². The third-order valence-electron chi connectivity index (χ3n) is 1.98. The van der Waals surface area contributed by atoms with Crippen LogP contribution in [0.1, 0.15) is 15.9 Å². The van der Waals surface area contributed by atoms with Crippen LogP contribution < -0.4 is 10.1 Å². The molecule has 0 aliphatic carbocycles. The molecule has 0 saturated heterocycles. The number of hydrogen-bond acceptors (Lipinski definition) is 2. The highest BCUT2D eigenvalue weighted by molar-refractivity contribution is 6.18. The molecule has 1 aromatic rings. The molecule has 1 aromatic carbocycles. The Morgan fingerprint density at radius 1 is 1.53 bits per heavy atom. The van der Waals surface area contributed by atoms with E-state index in [2.05, 4.69) is 5.32 Å². The summed E-state index contributed by atoms with van der Waals surface area (Å²) in [6.07, 6.45) is 0. The molecule has 3 nitrogen and oxygen atoms in total. The Morgan fingerprint density at radius 2 is 2.27 bits per heavy atom. The summed E-state index contributed by atoms with van der Waals surface area (Å²) in [5, 5.41) is 2.70. The Hall–Kier alpha value is -1.22. The summed E-state index contributed by atoms with van der Waals surface area (Å²) in [7, 11) is 1.54. The van der Waals surface area contributed by atoms with Gasteiger partial charge >= 0.3 is 0 Å². The topological polar surface area (TPSA) is 38.3 Å². The van der Waals surface area contributed by atoms with Crippen molar-refractivity contribution in [2.75, 3.05) is 19.5 Å². The van der Waals surface area contributed by atoms with Crippen molar-refractivity contribution in [3.05, 3.63) is 29.3 Å². The predicted octanol–water partition coefficient (Wildman–Crippen LogP) is 1.97. The van der Waals surface area contributed by atoms with Crippen LogP contribution in [0, 0.1) is 6.92 Å². The number of alkyl halides is 1. The smallest absolute Gasteiger partial charge is 0.255 e. The third-order valence-corrected chi connectivity index (χ3v) is 2.17. The summed E-state index contributed by atoms with van der Waals surface area (Å²) in [5.74, 6) is 0.823. The summed E-state index contributed by atoms with van der Waals surface area (Å²) in [6, 6.07) is 5.48. The second-order valence-electron chi connectivity index (χ2n) is 3.15. The van der Waals surface area contributed by atoms with Crippen LogP contribution in [0.3, 0.4) is 0 Å². The summed E-state index contributed by atoms with van der Waals surface area (Å²) in [5.41, 5.74) is 1.56. The zero-order valence-electron chi connectivity index (χ0n) is 8.84. The molecule has 0 bridgehead atoms. The van der Waals surface area contributed by atoms with Crippen LogP contribution in [0.5, 0.6) is 5.75 Å². The number of rotatable bonds is 4. The SMILES string of the molecule is COc1ccc(C)cc1C(=O)NCCCl. The molecule has 4 heteroatoms. The second-order valence-corrected chi connectivity index (χ2v) is 3.53. The van der Waals surface area contributed by atoms with Crippen LogP contribution in [0.15, 0.2) is 18.2 Å². The molecule has 1 amide bonds. The lowest BCUT2D eigenvalue weighted by atomic mass is 10.1. The molecule has 0 heterocycles. The van der Waals surface area contributed by atoms with Gasteiger partial charge in [0, 0.05) is 12.4 Å². The zero-order valence-corrected chi connectivity index (χ0v) is 9.60. The number of amides is 1. The van der Waals surface area contributed by atoms with Crippen LogP contribution in [-0.4, -0.2) is 25.4 Å². The normalized spacial score (nSPS) is 9.80. The third kappa shape index (κ3) is 3.13. The number of halogens is 1. The molecule has 0 aliphatic rings. The van der Waals surface area contributed by atoms with E-state index in [0.29, 0.717) is 23.7 Å². The lowest BCUT2D eigenvalue weighted by molar-refractivity contribution is 0.0953. The number of carbonyl (C=O) groups excluding carboxylic acids is 1. The Labute approximate surface area is 94.4 Å². The number of ether oxygens (including phenoxy) is 1. The van der Waals surface area contributed by atoms with E-state index < -0.39 is 0 Å². The highest BCUT2D eigenvalue weighted by Gasteiger charge is 2.11. The number of benzene rings is 1. The Kier molecular flexibility index (Phi) is 4.43. The molecule has 0 atom stereocenters. The molecular weight excluding hydrogens is 214 g/mol. The molecule has 15 heavy (non-hydrogen) atoms. The van der Waals surface area contributed by atoms with E-state index >= 15 is 0 Å². The molecule has 1 rings (SSSR count). The first kappa shape index (κ1) is 11.9. The van der Waals surface area contributed by atoms with Gasteiger partial charge in [-0.1, -0.05) is 11.6 Å². The van der Waals surface area contributed by atoms with Crippen molar-refractivity contribution in [3.63, 3.8) is 0 Å². The fourth-order valence-electron chi connectivity index (χ4n) is 1.26. The van der Waals surface area contributed by atoms with Crippen LogP contribution in [-0.2, 0) is 0 Å². The van der Waals surface area contributed by atoms with Crippen molar-refractivity contribution < 1.29 is 9.53 Å². The quantitative estimate of drug-likeness (QED) is 0.799. The summed E-state index contributed by atoms with van der Waals surface area (Å²) in [6.45, 7) is 2.38. The minimum absolute atomic E-state index is 0.156. The van der Waals surface area contributed by atoms with Crippen molar-refractivity contribution in [1.29, 1.82) is 0 Å². The minimum Gasteiger partial charge on any atom is -0.496 e. The molecule has 0 aromatic heterocycles. The van der Waals surface area contributed by atoms with Gasteiger partial charge in [0.2, 0.25) is 0 Å². The molecule has 1 N–H and O–H groups in total. The predicted molar refractivity (Wildman–Crippen MR) is 60.8 cm³/mol. The standard InChI is InChI=1S/C11H14ClNO2/c1-8-3-4-10(15-2)9(7-8)11(14)13-6-5-12/h3-4,7H,5-6H2,1-2H3,(H,13,14). The molecule has 82 valence electrons. The van der Waals surface area contributed by atoms with E-state index in [9.17, 15) is 4.79 Å². The number of nitrogens with one attached hydrogen (secondary N) is 1. The molecule has 0 fully saturated rings. The van der Waals surface area contributed by atoms with Crippen molar-refractivity contribution in [2.45, 2.75) is 6.92 Å². The number of aryl methyl sites for hydroxylation is 1. The first-order valence-electron chi connectivity index (χ1n) is 4.68. The maximum atomic E-state index is 11.7. The van der Waals surface area contributed by atoms with Gasteiger partial charge in [-0.25, -0.2) is 0 Å². The highest BCUT2D eigenvalue weighted by atomic mass is 35.5. The Morgan fingerprint density at radius 3 is 2.87 bits per heavy atom. The van der Waals surface area contributed by atoms with Gasteiger partial charge in [-0.2, -0.15) is 0 Å². The van der Waals surface area contributed by atoms with Gasteiger partial charge in [0.05, 0.1) is 12.7 Å². The fraction of sp³-hybridized carbons (Fsp3) is 0.364. The van der Waals surface area contributed by atoms with Gasteiger partial charge in [0.1, 0.15) is 5.75 Å². The first-order chi connectivity index (χ1) is 7.19. The van der Waals surface area contributed by atoms with Crippen LogP contribution >= 0.6 is 11.6 Å². The van der Waals surface area contributed by atoms with Gasteiger partial charge in [-0.3, -0.25) is 4.79 Å². The molecule has 0 spiro atoms. The van der Waals surface area contributed by atoms with Gasteiger partial charge in [0.25, 0.3) is 5.91 Å². The van der Waals surface area contributed by atoms with Gasteiger partial charge < -0.3 is 10.1 Å². The average molecular weight is 228 g/mol. The molecule has 0 radical (unpaired) electrons. The molecular formula is C11H14ClNO2. The van der Waals surface area contributed by atoms with E-state index in [4.69, 9.17) is 16.3 Å². The van der Waals surface area contributed by atoms with Crippen LogP contribution in [0.4, 0.5) is 0 Å². The number of hydrogen-bond donors (Lipinski definition) is 1. The lowest BCUT2D eigenvalue weighted by Crippen LogP contribution is -2.25. The minimum atomic E-state index is -0.156. The van der Waals surface area contributed by atoms with Crippen molar-refractivity contribution in [2.24, 2.45) is 0 Å². The molecule has 0 aliphatic heterocycles. The molecule has 0 unspecified atom stereocenters. The summed E-state index contributed by atoms with van der Waals surface area (Å²) in [4.78, 5) is 11.7. The largest absolute Gasteiger partial charge is 0.496 e. The fourth-order valence-corrected chi connectivity index (χ4v) is 1.35. The van der Waals surface area contributed by atoms with Crippen molar-refractivity contribution in [3.8, 4) is 5.75 Å². The number of carbonyl (C=O) groups is 1. The van der Waals surface area contributed by atoms with E-state index in [-0.39, 0.29) is 5.91 Å². The van der Waals surface area contributed by atoms with Gasteiger partial charge in [-0.15, -0.1) is 11.6 Å². The Balaban J connectivity index is 2.90. The Bertz CT molecular complexity index is 352. The maximum Gasteiger partial charge on any atom is 0.255 e. The summed E-state index contributed by atoms with van der Waals surface area (Å²) < 4.78 is 5.11. The maximum absolute atomic E-state index is 11.7. The van der Waals surface area contributed by atoms with Crippen LogP contribution in [0.25, 0.3) is 0 Å². The van der Waals surface area contributed by atoms with Gasteiger partial charge in [0.15, 0.2) is 0 Å².